The fourth-order valence-electron chi connectivity index (χ4n) is 3.37. The van der Waals surface area contributed by atoms with E-state index in [1.54, 1.807) is 7.11 Å². The Morgan fingerprint density at radius 1 is 1.24 bits per heavy atom. The molecular weight excluding hydrogens is 312 g/mol. The summed E-state index contributed by atoms with van der Waals surface area (Å²) in [4.78, 5) is 12.4. The van der Waals surface area contributed by atoms with Gasteiger partial charge in [0.2, 0.25) is 0 Å². The van der Waals surface area contributed by atoms with Gasteiger partial charge in [0.05, 0.1) is 19.0 Å². The molecule has 1 unspecified atom stereocenters. The lowest BCUT2D eigenvalue weighted by Crippen LogP contribution is -2.18. The third-order valence-corrected chi connectivity index (χ3v) is 5.10. The number of methoxy groups -OCH3 is 1. The molecule has 0 saturated carbocycles. The second-order valence-corrected chi connectivity index (χ2v) is 6.73. The Balaban J connectivity index is 2.01. The third-order valence-electron chi connectivity index (χ3n) is 5.10. The molecule has 25 heavy (non-hydrogen) atoms. The molecule has 0 spiro atoms. The van der Waals surface area contributed by atoms with E-state index in [-0.39, 0.29) is 11.7 Å². The zero-order valence-electron chi connectivity index (χ0n) is 15.3. The summed E-state index contributed by atoms with van der Waals surface area (Å²) in [5, 5.41) is 4.55. The van der Waals surface area contributed by atoms with Crippen molar-refractivity contribution in [3.05, 3.63) is 59.4 Å². The topological polar surface area (TPSA) is 44.1 Å². The normalized spacial score (nSPS) is 17.8. The van der Waals surface area contributed by atoms with Crippen molar-refractivity contribution in [1.82, 2.24) is 9.78 Å². The minimum atomic E-state index is 0.214. The molecule has 130 valence electrons. The predicted octanol–water partition coefficient (Wildman–Crippen LogP) is 4.52. The summed E-state index contributed by atoms with van der Waals surface area (Å²) in [5.74, 6) is 1.25. The number of allylic oxidation sites excluding steroid dienone is 3. The summed E-state index contributed by atoms with van der Waals surface area (Å²) >= 11 is 0. The first-order chi connectivity index (χ1) is 11.9. The first-order valence-corrected chi connectivity index (χ1v) is 8.50. The SMILES string of the molecule is C=C(C)C1CC(=O)C(C)=C(c2cnn(-c3ccc(OC)cc3)c2C)C1. The number of hydrogen-bond acceptors (Lipinski definition) is 3. The number of ether oxygens (including phenoxy) is 1. The maximum absolute atomic E-state index is 12.4. The molecule has 3 rings (SSSR count). The lowest BCUT2D eigenvalue weighted by molar-refractivity contribution is -0.116. The number of rotatable bonds is 4. The van der Waals surface area contributed by atoms with Crippen LogP contribution in [0.3, 0.4) is 0 Å². The second-order valence-electron chi connectivity index (χ2n) is 6.73. The molecule has 1 atom stereocenters. The number of hydrogen-bond donors (Lipinski definition) is 0. The van der Waals surface area contributed by atoms with Crippen LogP contribution < -0.4 is 4.74 Å². The highest BCUT2D eigenvalue weighted by Crippen LogP contribution is 2.38. The molecule has 1 aromatic carbocycles. The highest BCUT2D eigenvalue weighted by molar-refractivity contribution is 6.04. The molecule has 1 heterocycles. The van der Waals surface area contributed by atoms with E-state index in [1.807, 2.05) is 55.9 Å². The van der Waals surface area contributed by atoms with Crippen LogP contribution in [-0.2, 0) is 4.79 Å². The number of Topliss-reactive ketones (excluding diaryl/α,β-unsaturated/α-hetero) is 1. The van der Waals surface area contributed by atoms with Gasteiger partial charge in [-0.3, -0.25) is 4.79 Å². The Morgan fingerprint density at radius 2 is 1.92 bits per heavy atom. The van der Waals surface area contributed by atoms with Crippen LogP contribution in [-0.4, -0.2) is 22.7 Å². The Bertz CT molecular complexity index is 857. The maximum Gasteiger partial charge on any atom is 0.159 e. The van der Waals surface area contributed by atoms with Gasteiger partial charge in [0.25, 0.3) is 0 Å². The number of carbonyl (C=O) groups excluding carboxylic acids is 1. The molecule has 0 radical (unpaired) electrons. The molecule has 0 fully saturated rings. The van der Waals surface area contributed by atoms with Gasteiger partial charge in [-0.2, -0.15) is 5.10 Å². The van der Waals surface area contributed by atoms with Gasteiger partial charge in [-0.15, -0.1) is 0 Å². The zero-order chi connectivity index (χ0) is 18.1. The first kappa shape index (κ1) is 17.2. The van der Waals surface area contributed by atoms with E-state index in [9.17, 15) is 4.79 Å². The van der Waals surface area contributed by atoms with Gasteiger partial charge in [-0.05, 0) is 68.5 Å². The van der Waals surface area contributed by atoms with E-state index >= 15 is 0 Å². The highest BCUT2D eigenvalue weighted by atomic mass is 16.5. The van der Waals surface area contributed by atoms with Gasteiger partial charge >= 0.3 is 0 Å². The summed E-state index contributed by atoms with van der Waals surface area (Å²) < 4.78 is 7.12. The van der Waals surface area contributed by atoms with Gasteiger partial charge in [0.15, 0.2) is 5.78 Å². The largest absolute Gasteiger partial charge is 0.497 e. The monoisotopic (exact) mass is 336 g/mol. The van der Waals surface area contributed by atoms with Crippen molar-refractivity contribution in [3.63, 3.8) is 0 Å². The molecule has 0 saturated heterocycles. The number of aromatic nitrogens is 2. The van der Waals surface area contributed by atoms with Crippen LogP contribution in [0.1, 0.15) is 37.9 Å². The van der Waals surface area contributed by atoms with Crippen LogP contribution in [0.5, 0.6) is 5.75 Å². The zero-order valence-corrected chi connectivity index (χ0v) is 15.3. The second kappa shape index (κ2) is 6.71. The summed E-state index contributed by atoms with van der Waals surface area (Å²) in [7, 11) is 1.65. The first-order valence-electron chi connectivity index (χ1n) is 8.50. The van der Waals surface area contributed by atoms with Crippen LogP contribution in [0.2, 0.25) is 0 Å². The lowest BCUT2D eigenvalue weighted by atomic mass is 9.78. The fraction of sp³-hybridized carbons (Fsp3) is 0.333. The van der Waals surface area contributed by atoms with Crippen molar-refractivity contribution in [3.8, 4) is 11.4 Å². The molecule has 4 heteroatoms. The third kappa shape index (κ3) is 3.16. The van der Waals surface area contributed by atoms with E-state index in [4.69, 9.17) is 4.74 Å². The predicted molar refractivity (Wildman–Crippen MR) is 100.0 cm³/mol. The van der Waals surface area contributed by atoms with Crippen LogP contribution >= 0.6 is 0 Å². The highest BCUT2D eigenvalue weighted by Gasteiger charge is 2.28. The molecule has 2 aromatic rings. The summed E-state index contributed by atoms with van der Waals surface area (Å²) in [5.41, 5.74) is 6.08. The van der Waals surface area contributed by atoms with Crippen LogP contribution in [0.25, 0.3) is 11.3 Å². The minimum Gasteiger partial charge on any atom is -0.497 e. The average molecular weight is 336 g/mol. The molecule has 1 aromatic heterocycles. The van der Waals surface area contributed by atoms with Crippen molar-refractivity contribution >= 4 is 11.4 Å². The number of nitrogens with zero attached hydrogens (tertiary/aromatic N) is 2. The molecule has 0 aliphatic heterocycles. The number of ketones is 1. The van der Waals surface area contributed by atoms with Crippen molar-refractivity contribution in [2.24, 2.45) is 5.92 Å². The lowest BCUT2D eigenvalue weighted by Gasteiger charge is -2.25. The van der Waals surface area contributed by atoms with Gasteiger partial charge in [-0.25, -0.2) is 4.68 Å². The molecule has 0 amide bonds. The Morgan fingerprint density at radius 3 is 2.52 bits per heavy atom. The van der Waals surface area contributed by atoms with E-state index in [0.29, 0.717) is 6.42 Å². The minimum absolute atomic E-state index is 0.214. The summed E-state index contributed by atoms with van der Waals surface area (Å²) in [6.45, 7) is 10.0. The van der Waals surface area contributed by atoms with E-state index in [1.165, 1.54) is 0 Å². The van der Waals surface area contributed by atoms with Gasteiger partial charge in [0.1, 0.15) is 5.75 Å². The average Bonchev–Trinajstić information content (AvgIpc) is 2.98. The Kier molecular flexibility index (Phi) is 4.62. The van der Waals surface area contributed by atoms with Crippen molar-refractivity contribution in [1.29, 1.82) is 0 Å². The van der Waals surface area contributed by atoms with E-state index < -0.39 is 0 Å². The standard InChI is InChI=1S/C21H24N2O2/c1-13(2)16-10-19(14(3)21(24)11-16)20-12-22-23(15(20)4)17-6-8-18(25-5)9-7-17/h6-9,12,16H,1,10-11H2,2-5H3. The van der Waals surface area contributed by atoms with Crippen LogP contribution in [0.15, 0.2) is 48.2 Å². The van der Waals surface area contributed by atoms with Crippen molar-refractivity contribution in [2.45, 2.75) is 33.6 Å². The molecule has 1 aliphatic carbocycles. The quantitative estimate of drug-likeness (QED) is 0.771. The molecule has 4 nitrogen and oxygen atoms in total. The summed E-state index contributed by atoms with van der Waals surface area (Å²) in [6.07, 6.45) is 3.28. The van der Waals surface area contributed by atoms with E-state index in [2.05, 4.69) is 11.7 Å². The van der Waals surface area contributed by atoms with Crippen molar-refractivity contribution in [2.75, 3.05) is 7.11 Å². The number of carbonyl (C=O) groups is 1. The summed E-state index contributed by atoms with van der Waals surface area (Å²) in [6, 6.07) is 7.79. The van der Waals surface area contributed by atoms with Crippen molar-refractivity contribution < 1.29 is 9.53 Å². The molecule has 0 bridgehead atoms. The smallest absolute Gasteiger partial charge is 0.159 e. The van der Waals surface area contributed by atoms with Gasteiger partial charge in [-0.1, -0.05) is 12.2 Å². The number of benzene rings is 1. The molecule has 0 N–H and O–H groups in total. The van der Waals surface area contributed by atoms with Gasteiger partial charge < -0.3 is 4.74 Å². The Hall–Kier alpha value is -2.62. The van der Waals surface area contributed by atoms with E-state index in [0.717, 1.165) is 45.8 Å². The molecular formula is C21H24N2O2. The Labute approximate surface area is 148 Å². The van der Waals surface area contributed by atoms with Crippen LogP contribution in [0, 0.1) is 12.8 Å². The fourth-order valence-corrected chi connectivity index (χ4v) is 3.37. The van der Waals surface area contributed by atoms with Gasteiger partial charge in [0, 0.05) is 17.7 Å². The maximum atomic E-state index is 12.4. The molecule has 1 aliphatic rings. The van der Waals surface area contributed by atoms with Crippen LogP contribution in [0.4, 0.5) is 0 Å².